The first kappa shape index (κ1) is 25.1. The Labute approximate surface area is 245 Å². The van der Waals surface area contributed by atoms with Gasteiger partial charge in [0.25, 0.3) is 0 Å². The van der Waals surface area contributed by atoms with Crippen molar-refractivity contribution in [1.82, 2.24) is 9.97 Å². The molecular formula is C39H25N3. The van der Waals surface area contributed by atoms with Crippen LogP contribution in [0, 0.1) is 11.3 Å². The molecule has 0 N–H and O–H groups in total. The van der Waals surface area contributed by atoms with Crippen LogP contribution in [0.25, 0.3) is 66.9 Å². The largest absolute Gasteiger partial charge is 0.228 e. The van der Waals surface area contributed by atoms with Gasteiger partial charge in [-0.15, -0.1) is 0 Å². The predicted molar refractivity (Wildman–Crippen MR) is 171 cm³/mol. The molecule has 0 unspecified atom stereocenters. The van der Waals surface area contributed by atoms with Crippen LogP contribution in [0.4, 0.5) is 0 Å². The number of rotatable bonds is 5. The smallest absolute Gasteiger partial charge is 0.160 e. The van der Waals surface area contributed by atoms with Crippen LogP contribution in [0.3, 0.4) is 0 Å². The summed E-state index contributed by atoms with van der Waals surface area (Å²) in [6, 6.07) is 54.0. The Bertz CT molecular complexity index is 2020. The molecule has 7 aromatic rings. The lowest BCUT2D eigenvalue weighted by atomic mass is 9.96. The summed E-state index contributed by atoms with van der Waals surface area (Å²) >= 11 is 0. The van der Waals surface area contributed by atoms with Crippen LogP contribution >= 0.6 is 0 Å². The average molecular weight is 536 g/mol. The van der Waals surface area contributed by atoms with Crippen molar-refractivity contribution in [2.45, 2.75) is 0 Å². The molecule has 0 saturated heterocycles. The van der Waals surface area contributed by atoms with Gasteiger partial charge in [0.15, 0.2) is 5.82 Å². The van der Waals surface area contributed by atoms with E-state index in [0.717, 1.165) is 55.7 Å². The first-order chi connectivity index (χ1) is 20.7. The molecule has 0 radical (unpaired) electrons. The molecule has 1 aromatic heterocycles. The number of benzene rings is 6. The molecule has 42 heavy (non-hydrogen) atoms. The monoisotopic (exact) mass is 535 g/mol. The minimum absolute atomic E-state index is 0.663. The Balaban J connectivity index is 1.25. The van der Waals surface area contributed by atoms with Crippen molar-refractivity contribution in [3.05, 3.63) is 157 Å². The van der Waals surface area contributed by atoms with Gasteiger partial charge in [-0.1, -0.05) is 121 Å². The zero-order chi connectivity index (χ0) is 28.3. The zero-order valence-electron chi connectivity index (χ0n) is 22.8. The van der Waals surface area contributed by atoms with Crippen LogP contribution in [0.15, 0.2) is 152 Å². The van der Waals surface area contributed by atoms with E-state index in [2.05, 4.69) is 97.1 Å². The fraction of sp³-hybridized carbons (Fsp3) is 0. The molecule has 0 amide bonds. The lowest BCUT2D eigenvalue weighted by Gasteiger charge is -2.10. The fourth-order valence-corrected chi connectivity index (χ4v) is 5.28. The Morgan fingerprint density at radius 3 is 1.48 bits per heavy atom. The van der Waals surface area contributed by atoms with Gasteiger partial charge in [-0.25, -0.2) is 9.97 Å². The van der Waals surface area contributed by atoms with Gasteiger partial charge >= 0.3 is 0 Å². The quantitative estimate of drug-likeness (QED) is 0.220. The minimum atomic E-state index is 0.663. The van der Waals surface area contributed by atoms with Gasteiger partial charge in [0, 0.05) is 16.7 Å². The van der Waals surface area contributed by atoms with Crippen molar-refractivity contribution < 1.29 is 0 Å². The maximum atomic E-state index is 9.31. The second kappa shape index (κ2) is 11.0. The van der Waals surface area contributed by atoms with Crippen molar-refractivity contribution in [3.63, 3.8) is 0 Å². The zero-order valence-corrected chi connectivity index (χ0v) is 22.8. The van der Waals surface area contributed by atoms with Crippen molar-refractivity contribution in [1.29, 1.82) is 5.26 Å². The van der Waals surface area contributed by atoms with Gasteiger partial charge in [-0.3, -0.25) is 0 Å². The van der Waals surface area contributed by atoms with E-state index in [0.29, 0.717) is 11.4 Å². The molecule has 3 heteroatoms. The molecule has 1 heterocycles. The van der Waals surface area contributed by atoms with E-state index in [9.17, 15) is 5.26 Å². The first-order valence-corrected chi connectivity index (χ1v) is 13.9. The van der Waals surface area contributed by atoms with Crippen molar-refractivity contribution >= 4 is 10.8 Å². The van der Waals surface area contributed by atoms with Gasteiger partial charge in [0.2, 0.25) is 0 Å². The highest BCUT2D eigenvalue weighted by atomic mass is 14.9. The average Bonchev–Trinajstić information content (AvgIpc) is 3.08. The molecule has 0 bridgehead atoms. The molecule has 6 aromatic carbocycles. The molecule has 0 aliphatic carbocycles. The topological polar surface area (TPSA) is 49.6 Å². The lowest BCUT2D eigenvalue weighted by molar-refractivity contribution is 1.18. The van der Waals surface area contributed by atoms with Gasteiger partial charge < -0.3 is 0 Å². The molecule has 0 aliphatic rings. The van der Waals surface area contributed by atoms with E-state index in [4.69, 9.17) is 9.97 Å². The van der Waals surface area contributed by atoms with E-state index in [1.807, 2.05) is 60.7 Å². The molecule has 0 saturated carbocycles. The van der Waals surface area contributed by atoms with Gasteiger partial charge in [-0.2, -0.15) is 5.26 Å². The number of fused-ring (bicyclic) bond motifs is 1. The van der Waals surface area contributed by atoms with Crippen molar-refractivity contribution in [3.8, 4) is 62.2 Å². The molecule has 0 aliphatic heterocycles. The van der Waals surface area contributed by atoms with Crippen LogP contribution in [-0.4, -0.2) is 9.97 Å². The van der Waals surface area contributed by atoms with Crippen LogP contribution < -0.4 is 0 Å². The van der Waals surface area contributed by atoms with E-state index < -0.39 is 0 Å². The maximum Gasteiger partial charge on any atom is 0.160 e. The van der Waals surface area contributed by atoms with E-state index in [-0.39, 0.29) is 0 Å². The van der Waals surface area contributed by atoms with Gasteiger partial charge in [-0.05, 0) is 63.4 Å². The van der Waals surface area contributed by atoms with Crippen LogP contribution in [0.2, 0.25) is 0 Å². The SMILES string of the molecule is N#Cc1cccc(-c2ccc3ccc(-c4ccc(-c5nc(-c6ccccc6)cc(-c6ccccc6)n5)cc4)cc3c2)c1. The first-order valence-electron chi connectivity index (χ1n) is 13.9. The second-order valence-electron chi connectivity index (χ2n) is 10.2. The number of nitriles is 1. The predicted octanol–water partition coefficient (Wildman–Crippen LogP) is 9.84. The van der Waals surface area contributed by atoms with E-state index in [1.165, 1.54) is 5.39 Å². The Morgan fingerprint density at radius 2 is 0.881 bits per heavy atom. The third-order valence-electron chi connectivity index (χ3n) is 7.51. The summed E-state index contributed by atoms with van der Waals surface area (Å²) in [6.07, 6.45) is 0. The summed E-state index contributed by atoms with van der Waals surface area (Å²) in [7, 11) is 0. The molecule has 0 atom stereocenters. The van der Waals surface area contributed by atoms with Gasteiger partial charge in [0.05, 0.1) is 23.0 Å². The van der Waals surface area contributed by atoms with Crippen LogP contribution in [0.5, 0.6) is 0 Å². The van der Waals surface area contributed by atoms with Gasteiger partial charge in [0.1, 0.15) is 0 Å². The summed E-state index contributed by atoms with van der Waals surface area (Å²) in [6.45, 7) is 0. The Kier molecular flexibility index (Phi) is 6.56. The lowest BCUT2D eigenvalue weighted by Crippen LogP contribution is -1.95. The summed E-state index contributed by atoms with van der Waals surface area (Å²) in [4.78, 5) is 9.92. The minimum Gasteiger partial charge on any atom is -0.228 e. The summed E-state index contributed by atoms with van der Waals surface area (Å²) in [5.41, 5.74) is 9.94. The highest BCUT2D eigenvalue weighted by Gasteiger charge is 2.11. The highest BCUT2D eigenvalue weighted by molar-refractivity contribution is 5.91. The normalized spacial score (nSPS) is 10.8. The maximum absolute atomic E-state index is 9.31. The number of nitrogens with zero attached hydrogens (tertiary/aromatic N) is 3. The summed E-state index contributed by atoms with van der Waals surface area (Å²) in [5.74, 6) is 0.699. The van der Waals surface area contributed by atoms with Crippen LogP contribution in [-0.2, 0) is 0 Å². The molecule has 7 rings (SSSR count). The molecule has 3 nitrogen and oxygen atoms in total. The number of hydrogen-bond donors (Lipinski definition) is 0. The Hall–Kier alpha value is -5.85. The van der Waals surface area contributed by atoms with Crippen molar-refractivity contribution in [2.75, 3.05) is 0 Å². The second-order valence-corrected chi connectivity index (χ2v) is 10.2. The summed E-state index contributed by atoms with van der Waals surface area (Å²) in [5, 5.41) is 11.6. The third kappa shape index (κ3) is 5.06. The van der Waals surface area contributed by atoms with Crippen molar-refractivity contribution in [2.24, 2.45) is 0 Å². The molecule has 0 fully saturated rings. The summed E-state index contributed by atoms with van der Waals surface area (Å²) < 4.78 is 0. The molecule has 0 spiro atoms. The standard InChI is InChI=1S/C39H25N3/c40-26-27-8-7-13-33(22-27)35-21-17-29-16-20-34(23-36(29)24-35)28-14-18-32(19-15-28)39-41-37(30-9-3-1-4-10-30)25-38(42-39)31-11-5-2-6-12-31/h1-25H. The number of hydrogen-bond acceptors (Lipinski definition) is 3. The molecule has 196 valence electrons. The van der Waals surface area contributed by atoms with Crippen LogP contribution in [0.1, 0.15) is 5.56 Å². The van der Waals surface area contributed by atoms with E-state index >= 15 is 0 Å². The number of aromatic nitrogens is 2. The molecular weight excluding hydrogens is 510 g/mol. The van der Waals surface area contributed by atoms with E-state index in [1.54, 1.807) is 0 Å². The third-order valence-corrected chi connectivity index (χ3v) is 7.51. The Morgan fingerprint density at radius 1 is 0.381 bits per heavy atom. The fourth-order valence-electron chi connectivity index (χ4n) is 5.28. The highest BCUT2D eigenvalue weighted by Crippen LogP contribution is 2.31.